The molecule has 0 radical (unpaired) electrons. The van der Waals surface area contributed by atoms with Crippen LogP contribution in [0.5, 0.6) is 0 Å². The molecule has 2 rings (SSSR count). The van der Waals surface area contributed by atoms with Gasteiger partial charge in [0, 0.05) is 24.0 Å². The van der Waals surface area contributed by atoms with Gasteiger partial charge in [-0.2, -0.15) is 11.8 Å². The van der Waals surface area contributed by atoms with Crippen molar-refractivity contribution >= 4 is 17.4 Å². The molecular formula is C16H26N2S. The number of likely N-dealkylation sites (N-methyl/N-ethyl adjacent to an activating group) is 1. The minimum atomic E-state index is 0.118. The molecule has 1 fully saturated rings. The summed E-state index contributed by atoms with van der Waals surface area (Å²) in [4.78, 5) is 2.53. The van der Waals surface area contributed by atoms with Crippen molar-refractivity contribution in [2.75, 3.05) is 23.7 Å². The van der Waals surface area contributed by atoms with Crippen LogP contribution in [-0.4, -0.2) is 29.6 Å². The summed E-state index contributed by atoms with van der Waals surface area (Å²) >= 11 is 2.07. The fraction of sp³-hybridized carbons (Fsp3) is 0.625. The smallest absolute Gasteiger partial charge is 0.0639 e. The number of rotatable bonds is 4. The van der Waals surface area contributed by atoms with Crippen LogP contribution in [0.3, 0.4) is 0 Å². The molecule has 1 aromatic carbocycles. The Balaban J connectivity index is 2.35. The highest BCUT2D eigenvalue weighted by Gasteiger charge is 2.42. The molecule has 1 heterocycles. The van der Waals surface area contributed by atoms with Gasteiger partial charge in [0.15, 0.2) is 0 Å². The van der Waals surface area contributed by atoms with E-state index in [9.17, 15) is 0 Å². The van der Waals surface area contributed by atoms with Crippen LogP contribution in [0, 0.1) is 6.92 Å². The van der Waals surface area contributed by atoms with Crippen molar-refractivity contribution in [3.05, 3.63) is 29.8 Å². The summed E-state index contributed by atoms with van der Waals surface area (Å²) in [7, 11) is 0. The molecule has 106 valence electrons. The number of nitrogens with two attached hydrogens (primary N) is 1. The van der Waals surface area contributed by atoms with Gasteiger partial charge in [-0.3, -0.25) is 0 Å². The average molecular weight is 278 g/mol. The normalized spacial score (nSPS) is 27.3. The standard InChI is InChI=1S/C16H26N2S/c1-4-18(15-8-6-13(2)7-9-15)16(12-17)10-5-11-19-14(16)3/h6-9,14H,4-5,10-12,17H2,1-3H3. The zero-order valence-electron chi connectivity index (χ0n) is 12.4. The largest absolute Gasteiger partial charge is 0.364 e. The van der Waals surface area contributed by atoms with Gasteiger partial charge in [-0.25, -0.2) is 0 Å². The van der Waals surface area contributed by atoms with Crippen molar-refractivity contribution in [2.45, 2.75) is 44.4 Å². The van der Waals surface area contributed by atoms with E-state index in [4.69, 9.17) is 5.73 Å². The second-order valence-electron chi connectivity index (χ2n) is 5.50. The maximum atomic E-state index is 6.22. The van der Waals surface area contributed by atoms with Crippen LogP contribution in [0.2, 0.25) is 0 Å². The van der Waals surface area contributed by atoms with Gasteiger partial charge < -0.3 is 10.6 Å². The summed E-state index contributed by atoms with van der Waals surface area (Å²) < 4.78 is 0. The first-order valence-corrected chi connectivity index (χ1v) is 8.35. The summed E-state index contributed by atoms with van der Waals surface area (Å²) in [5.74, 6) is 1.27. The topological polar surface area (TPSA) is 29.3 Å². The first kappa shape index (κ1) is 14.7. The van der Waals surface area contributed by atoms with E-state index >= 15 is 0 Å². The van der Waals surface area contributed by atoms with E-state index in [2.05, 4.69) is 61.7 Å². The lowest BCUT2D eigenvalue weighted by Crippen LogP contribution is -2.61. The zero-order valence-corrected chi connectivity index (χ0v) is 13.2. The molecule has 0 saturated carbocycles. The SMILES string of the molecule is CCN(c1ccc(C)cc1)C1(CN)CCCSC1C. The van der Waals surface area contributed by atoms with E-state index < -0.39 is 0 Å². The number of aryl methyl sites for hydroxylation is 1. The lowest BCUT2D eigenvalue weighted by molar-refractivity contribution is 0.355. The minimum Gasteiger partial charge on any atom is -0.364 e. The maximum absolute atomic E-state index is 6.22. The number of anilines is 1. The molecule has 0 aliphatic carbocycles. The highest BCUT2D eigenvalue weighted by Crippen LogP contribution is 2.40. The van der Waals surface area contributed by atoms with Gasteiger partial charge in [0.1, 0.15) is 0 Å². The van der Waals surface area contributed by atoms with E-state index in [-0.39, 0.29) is 5.54 Å². The van der Waals surface area contributed by atoms with Crippen molar-refractivity contribution < 1.29 is 0 Å². The van der Waals surface area contributed by atoms with E-state index in [0.29, 0.717) is 5.25 Å². The van der Waals surface area contributed by atoms with E-state index in [1.165, 1.54) is 29.8 Å². The number of benzene rings is 1. The Labute approximate surface area is 121 Å². The van der Waals surface area contributed by atoms with Crippen molar-refractivity contribution in [3.63, 3.8) is 0 Å². The van der Waals surface area contributed by atoms with Crippen LogP contribution in [0.1, 0.15) is 32.3 Å². The Morgan fingerprint density at radius 3 is 2.58 bits per heavy atom. The third-order valence-electron chi connectivity index (χ3n) is 4.43. The van der Waals surface area contributed by atoms with E-state index in [0.717, 1.165) is 13.1 Å². The second-order valence-corrected chi connectivity index (χ2v) is 6.95. The van der Waals surface area contributed by atoms with Gasteiger partial charge in [0.25, 0.3) is 0 Å². The molecule has 3 heteroatoms. The molecule has 0 bridgehead atoms. The van der Waals surface area contributed by atoms with Crippen LogP contribution in [0.15, 0.2) is 24.3 Å². The fourth-order valence-electron chi connectivity index (χ4n) is 3.21. The second kappa shape index (κ2) is 6.19. The van der Waals surface area contributed by atoms with Gasteiger partial charge in [0.05, 0.1) is 5.54 Å². The number of thioether (sulfide) groups is 1. The van der Waals surface area contributed by atoms with Gasteiger partial charge in [0.2, 0.25) is 0 Å². The quantitative estimate of drug-likeness (QED) is 0.915. The molecule has 1 aliphatic rings. The fourth-order valence-corrected chi connectivity index (χ4v) is 4.52. The van der Waals surface area contributed by atoms with Crippen LogP contribution in [-0.2, 0) is 0 Å². The highest BCUT2D eigenvalue weighted by molar-refractivity contribution is 8.00. The maximum Gasteiger partial charge on any atom is 0.0639 e. The van der Waals surface area contributed by atoms with E-state index in [1.54, 1.807) is 0 Å². The number of hydrogen-bond donors (Lipinski definition) is 1. The minimum absolute atomic E-state index is 0.118. The van der Waals surface area contributed by atoms with Crippen molar-refractivity contribution in [3.8, 4) is 0 Å². The monoisotopic (exact) mass is 278 g/mol. The van der Waals surface area contributed by atoms with Crippen LogP contribution in [0.4, 0.5) is 5.69 Å². The Kier molecular flexibility index (Phi) is 4.80. The molecule has 1 saturated heterocycles. The van der Waals surface area contributed by atoms with Gasteiger partial charge in [-0.15, -0.1) is 0 Å². The van der Waals surface area contributed by atoms with E-state index in [1.807, 2.05) is 0 Å². The molecule has 2 unspecified atom stereocenters. The average Bonchev–Trinajstić information content (AvgIpc) is 2.44. The lowest BCUT2D eigenvalue weighted by atomic mass is 9.86. The van der Waals surface area contributed by atoms with Crippen molar-refractivity contribution in [1.82, 2.24) is 0 Å². The van der Waals surface area contributed by atoms with Crippen molar-refractivity contribution in [1.29, 1.82) is 0 Å². The first-order chi connectivity index (χ1) is 9.14. The summed E-state index contributed by atoms with van der Waals surface area (Å²) in [6, 6.07) is 8.87. The van der Waals surface area contributed by atoms with Crippen LogP contribution >= 0.6 is 11.8 Å². The third kappa shape index (κ3) is 2.77. The van der Waals surface area contributed by atoms with Crippen LogP contribution < -0.4 is 10.6 Å². The molecule has 2 N–H and O–H groups in total. The Bertz CT molecular complexity index is 404. The molecule has 1 aliphatic heterocycles. The molecule has 0 spiro atoms. The Hall–Kier alpha value is -0.670. The van der Waals surface area contributed by atoms with Gasteiger partial charge >= 0.3 is 0 Å². The van der Waals surface area contributed by atoms with Crippen molar-refractivity contribution in [2.24, 2.45) is 5.73 Å². The molecule has 2 nitrogen and oxygen atoms in total. The summed E-state index contributed by atoms with van der Waals surface area (Å²) in [6.45, 7) is 8.47. The summed E-state index contributed by atoms with van der Waals surface area (Å²) in [6.07, 6.45) is 2.48. The highest BCUT2D eigenvalue weighted by atomic mass is 32.2. The molecule has 19 heavy (non-hydrogen) atoms. The number of hydrogen-bond acceptors (Lipinski definition) is 3. The molecule has 0 amide bonds. The summed E-state index contributed by atoms with van der Waals surface area (Å²) in [5, 5.41) is 0.590. The lowest BCUT2D eigenvalue weighted by Gasteiger charge is -2.50. The third-order valence-corrected chi connectivity index (χ3v) is 5.89. The van der Waals surface area contributed by atoms with Gasteiger partial charge in [-0.05, 0) is 44.6 Å². The number of nitrogens with zero attached hydrogens (tertiary/aromatic N) is 1. The molecular weight excluding hydrogens is 252 g/mol. The predicted molar refractivity (Wildman–Crippen MR) is 87.1 cm³/mol. The molecule has 2 atom stereocenters. The summed E-state index contributed by atoms with van der Waals surface area (Å²) in [5.41, 5.74) is 8.96. The Morgan fingerprint density at radius 1 is 1.37 bits per heavy atom. The predicted octanol–water partition coefficient (Wildman–Crippen LogP) is 3.43. The molecule has 0 aromatic heterocycles. The first-order valence-electron chi connectivity index (χ1n) is 7.30. The van der Waals surface area contributed by atoms with Crippen LogP contribution in [0.25, 0.3) is 0 Å². The Morgan fingerprint density at radius 2 is 2.05 bits per heavy atom. The molecule has 1 aromatic rings. The zero-order chi connectivity index (χ0) is 13.9. The van der Waals surface area contributed by atoms with Gasteiger partial charge in [-0.1, -0.05) is 24.6 Å².